The number of sulfonamides is 1. The zero-order valence-corrected chi connectivity index (χ0v) is 21.8. The highest BCUT2D eigenvalue weighted by atomic mass is 32.2. The van der Waals surface area contributed by atoms with Gasteiger partial charge in [0, 0.05) is 16.1 Å². The average molecular weight is 513 g/mol. The number of anilines is 2. The summed E-state index contributed by atoms with van der Waals surface area (Å²) < 4.78 is 34.1. The summed E-state index contributed by atoms with van der Waals surface area (Å²) in [7, 11) is -3.93. The molecule has 184 valence electrons. The van der Waals surface area contributed by atoms with Gasteiger partial charge in [0.2, 0.25) is 0 Å². The SMILES string of the molecule is CCOC(=O)c1c(NC(=O)c2ccc(C)c(S(=O)(=O)Nc3ccc(C)c(C)c3)c2)sc2c1CCC2. The molecule has 1 heterocycles. The van der Waals surface area contributed by atoms with Crippen molar-refractivity contribution in [2.45, 2.75) is 51.9 Å². The van der Waals surface area contributed by atoms with Crippen LogP contribution in [0.25, 0.3) is 0 Å². The van der Waals surface area contributed by atoms with Crippen LogP contribution in [0.15, 0.2) is 41.3 Å². The van der Waals surface area contributed by atoms with Gasteiger partial charge in [-0.2, -0.15) is 0 Å². The Balaban J connectivity index is 1.62. The summed E-state index contributed by atoms with van der Waals surface area (Å²) >= 11 is 1.38. The molecule has 35 heavy (non-hydrogen) atoms. The molecule has 0 unspecified atom stereocenters. The number of rotatable bonds is 7. The predicted octanol–water partition coefficient (Wildman–Crippen LogP) is 5.39. The Labute approximate surface area is 209 Å². The number of nitrogens with one attached hydrogen (secondary N) is 2. The molecule has 1 aliphatic carbocycles. The van der Waals surface area contributed by atoms with Gasteiger partial charge in [0.15, 0.2) is 0 Å². The lowest BCUT2D eigenvalue weighted by molar-refractivity contribution is 0.0527. The summed E-state index contributed by atoms with van der Waals surface area (Å²) in [5.74, 6) is -0.940. The van der Waals surface area contributed by atoms with Crippen molar-refractivity contribution in [1.82, 2.24) is 0 Å². The van der Waals surface area contributed by atoms with Crippen molar-refractivity contribution in [2.75, 3.05) is 16.6 Å². The van der Waals surface area contributed by atoms with E-state index in [1.807, 2.05) is 19.9 Å². The van der Waals surface area contributed by atoms with Gasteiger partial charge in [-0.3, -0.25) is 9.52 Å². The zero-order valence-electron chi connectivity index (χ0n) is 20.2. The van der Waals surface area contributed by atoms with Gasteiger partial charge in [-0.25, -0.2) is 13.2 Å². The van der Waals surface area contributed by atoms with Gasteiger partial charge in [0.05, 0.1) is 17.1 Å². The molecule has 3 aromatic rings. The van der Waals surface area contributed by atoms with E-state index in [-0.39, 0.29) is 17.1 Å². The number of fused-ring (bicyclic) bond motifs is 1. The fourth-order valence-electron chi connectivity index (χ4n) is 4.13. The summed E-state index contributed by atoms with van der Waals surface area (Å²) in [5.41, 5.74) is 4.52. The van der Waals surface area contributed by atoms with E-state index in [9.17, 15) is 18.0 Å². The number of hydrogen-bond donors (Lipinski definition) is 2. The smallest absolute Gasteiger partial charge is 0.341 e. The standard InChI is InChI=1S/C26H28N2O5S2/c1-5-33-26(30)23-20-7-6-8-21(20)34-25(23)27-24(29)18-11-9-16(3)22(14-18)35(31,32)28-19-12-10-15(2)17(4)13-19/h9-14,28H,5-8H2,1-4H3,(H,27,29). The number of hydrogen-bond acceptors (Lipinski definition) is 6. The van der Waals surface area contributed by atoms with Crippen molar-refractivity contribution in [3.8, 4) is 0 Å². The summed E-state index contributed by atoms with van der Waals surface area (Å²) in [6.07, 6.45) is 2.60. The molecule has 0 fully saturated rings. The van der Waals surface area contributed by atoms with Crippen LogP contribution in [0.1, 0.15) is 61.2 Å². The van der Waals surface area contributed by atoms with Crippen molar-refractivity contribution in [3.63, 3.8) is 0 Å². The third-order valence-electron chi connectivity index (χ3n) is 6.13. The quantitative estimate of drug-likeness (QED) is 0.413. The molecule has 2 aromatic carbocycles. The van der Waals surface area contributed by atoms with Gasteiger partial charge in [-0.05, 0) is 93.5 Å². The second-order valence-electron chi connectivity index (χ2n) is 8.62. The molecular weight excluding hydrogens is 484 g/mol. The Morgan fingerprint density at radius 2 is 1.74 bits per heavy atom. The second kappa shape index (κ2) is 9.83. The second-order valence-corrected chi connectivity index (χ2v) is 11.4. The molecule has 0 radical (unpaired) electrons. The first-order chi connectivity index (χ1) is 16.6. The number of esters is 1. The molecule has 0 spiro atoms. The van der Waals surface area contributed by atoms with Gasteiger partial charge < -0.3 is 10.1 Å². The third kappa shape index (κ3) is 5.11. The Hall–Kier alpha value is -3.17. The lowest BCUT2D eigenvalue weighted by Gasteiger charge is -2.13. The van der Waals surface area contributed by atoms with Crippen molar-refractivity contribution in [2.24, 2.45) is 0 Å². The fourth-order valence-corrected chi connectivity index (χ4v) is 6.73. The maximum atomic E-state index is 13.2. The van der Waals surface area contributed by atoms with Crippen molar-refractivity contribution in [1.29, 1.82) is 0 Å². The molecule has 7 nitrogen and oxygen atoms in total. The predicted molar refractivity (Wildman–Crippen MR) is 138 cm³/mol. The molecule has 0 saturated heterocycles. The van der Waals surface area contributed by atoms with E-state index in [2.05, 4.69) is 10.0 Å². The van der Waals surface area contributed by atoms with E-state index < -0.39 is 21.9 Å². The third-order valence-corrected chi connectivity index (χ3v) is 8.86. The fraction of sp³-hybridized carbons (Fsp3) is 0.308. The van der Waals surface area contributed by atoms with E-state index in [4.69, 9.17) is 4.74 Å². The molecule has 4 rings (SSSR count). The van der Waals surface area contributed by atoms with Crippen LogP contribution in [0.4, 0.5) is 10.7 Å². The van der Waals surface area contributed by atoms with Crippen LogP contribution in [0, 0.1) is 20.8 Å². The Bertz CT molecular complexity index is 1420. The minimum atomic E-state index is -3.93. The van der Waals surface area contributed by atoms with Crippen LogP contribution in [0.3, 0.4) is 0 Å². The molecule has 0 bridgehead atoms. The number of amides is 1. The highest BCUT2D eigenvalue weighted by Crippen LogP contribution is 2.39. The zero-order chi connectivity index (χ0) is 25.3. The number of benzene rings is 2. The number of carbonyl (C=O) groups excluding carboxylic acids is 2. The average Bonchev–Trinajstić information content (AvgIpc) is 3.37. The van der Waals surface area contributed by atoms with Gasteiger partial charge in [0.25, 0.3) is 15.9 Å². The Morgan fingerprint density at radius 3 is 2.46 bits per heavy atom. The van der Waals surface area contributed by atoms with Crippen LogP contribution in [-0.4, -0.2) is 26.9 Å². The molecule has 2 N–H and O–H groups in total. The van der Waals surface area contributed by atoms with Crippen LogP contribution < -0.4 is 10.0 Å². The molecule has 1 amide bonds. The van der Waals surface area contributed by atoms with Crippen molar-refractivity contribution >= 4 is 43.9 Å². The summed E-state index contributed by atoms with van der Waals surface area (Å²) in [4.78, 5) is 26.8. The van der Waals surface area contributed by atoms with E-state index in [0.717, 1.165) is 40.8 Å². The largest absolute Gasteiger partial charge is 0.462 e. The monoisotopic (exact) mass is 512 g/mol. The minimum Gasteiger partial charge on any atom is -0.462 e. The first-order valence-electron chi connectivity index (χ1n) is 11.4. The molecular formula is C26H28N2O5S2. The highest BCUT2D eigenvalue weighted by molar-refractivity contribution is 7.92. The van der Waals surface area contributed by atoms with Gasteiger partial charge >= 0.3 is 5.97 Å². The molecule has 1 aliphatic rings. The van der Waals surface area contributed by atoms with Crippen LogP contribution in [0.2, 0.25) is 0 Å². The first kappa shape index (κ1) is 24.9. The molecule has 1 aromatic heterocycles. The number of aryl methyl sites for hydroxylation is 4. The van der Waals surface area contributed by atoms with Crippen LogP contribution in [0.5, 0.6) is 0 Å². The molecule has 0 atom stereocenters. The van der Waals surface area contributed by atoms with Crippen LogP contribution >= 0.6 is 11.3 Å². The molecule has 9 heteroatoms. The number of carbonyl (C=O) groups is 2. The van der Waals surface area contributed by atoms with E-state index >= 15 is 0 Å². The Morgan fingerprint density at radius 1 is 1.00 bits per heavy atom. The van der Waals surface area contributed by atoms with E-state index in [1.54, 1.807) is 38.1 Å². The van der Waals surface area contributed by atoms with Gasteiger partial charge in [-0.15, -0.1) is 11.3 Å². The summed E-state index contributed by atoms with van der Waals surface area (Å²) in [6.45, 7) is 7.52. The van der Waals surface area contributed by atoms with Gasteiger partial charge in [-0.1, -0.05) is 12.1 Å². The maximum absolute atomic E-state index is 13.2. The van der Waals surface area contributed by atoms with Crippen molar-refractivity contribution < 1.29 is 22.7 Å². The number of ether oxygens (including phenoxy) is 1. The lowest BCUT2D eigenvalue weighted by atomic mass is 10.1. The van der Waals surface area contributed by atoms with E-state index in [0.29, 0.717) is 21.8 Å². The normalized spacial score (nSPS) is 12.8. The number of thiophene rings is 1. The van der Waals surface area contributed by atoms with E-state index in [1.165, 1.54) is 17.4 Å². The molecule has 0 saturated carbocycles. The molecule has 0 aliphatic heterocycles. The Kier molecular flexibility index (Phi) is 7.00. The first-order valence-corrected chi connectivity index (χ1v) is 13.7. The topological polar surface area (TPSA) is 102 Å². The lowest BCUT2D eigenvalue weighted by Crippen LogP contribution is -2.18. The maximum Gasteiger partial charge on any atom is 0.341 e. The summed E-state index contributed by atoms with van der Waals surface area (Å²) in [5, 5.41) is 3.26. The van der Waals surface area contributed by atoms with Gasteiger partial charge in [0.1, 0.15) is 5.00 Å². The minimum absolute atomic E-state index is 0.0164. The highest BCUT2D eigenvalue weighted by Gasteiger charge is 2.29. The van der Waals surface area contributed by atoms with Crippen molar-refractivity contribution in [3.05, 3.63) is 74.7 Å². The summed E-state index contributed by atoms with van der Waals surface area (Å²) in [6, 6.07) is 9.86. The van der Waals surface area contributed by atoms with Crippen LogP contribution in [-0.2, 0) is 27.6 Å².